The van der Waals surface area contributed by atoms with Crippen LogP contribution in [-0.2, 0) is 16.0 Å². The van der Waals surface area contributed by atoms with Crippen LogP contribution in [-0.4, -0.2) is 41.4 Å². The molecule has 1 N–H and O–H groups in total. The summed E-state index contributed by atoms with van der Waals surface area (Å²) in [5.74, 6) is -1.63. The fraction of sp³-hybridized carbons (Fsp3) is 0.471. The highest BCUT2D eigenvalue weighted by molar-refractivity contribution is 5.88. The van der Waals surface area contributed by atoms with Gasteiger partial charge in [0, 0.05) is 48.1 Å². The van der Waals surface area contributed by atoms with Gasteiger partial charge < -0.3 is 19.5 Å². The molecule has 0 bridgehead atoms. The molecule has 3 aromatic rings. The first-order valence-corrected chi connectivity index (χ1v) is 14.5. The lowest BCUT2D eigenvalue weighted by molar-refractivity contribution is -0.160. The van der Waals surface area contributed by atoms with Crippen LogP contribution in [0.3, 0.4) is 0 Å². The molecule has 0 aliphatic carbocycles. The van der Waals surface area contributed by atoms with Gasteiger partial charge in [0.25, 0.3) is 0 Å². The first-order chi connectivity index (χ1) is 19.6. The SMILES string of the molecule is Cc1nc(C)c([C@H](OC(C)(C)C)C(=O)O)c(N2CCC(C)(C)CC2)c1-c1ccc(OCCc2ccc(F)cc2F)cc1. The molecule has 0 spiro atoms. The number of hydrogen-bond donors (Lipinski definition) is 1. The number of piperidine rings is 1. The average molecular weight is 581 g/mol. The maximum atomic E-state index is 14.0. The lowest BCUT2D eigenvalue weighted by atomic mass is 9.82. The van der Waals surface area contributed by atoms with E-state index in [1.165, 1.54) is 12.1 Å². The minimum absolute atomic E-state index is 0.206. The molecule has 1 fully saturated rings. The van der Waals surface area contributed by atoms with Crippen molar-refractivity contribution >= 4 is 11.7 Å². The molecule has 1 aliphatic rings. The Balaban J connectivity index is 1.71. The predicted molar refractivity (Wildman–Crippen MR) is 161 cm³/mol. The van der Waals surface area contributed by atoms with E-state index in [2.05, 4.69) is 18.7 Å². The summed E-state index contributed by atoms with van der Waals surface area (Å²) in [4.78, 5) is 19.8. The second kappa shape index (κ2) is 12.4. The molecule has 1 saturated heterocycles. The number of aromatic nitrogens is 1. The zero-order valence-corrected chi connectivity index (χ0v) is 25.7. The van der Waals surface area contributed by atoms with Crippen molar-refractivity contribution in [2.24, 2.45) is 5.41 Å². The van der Waals surface area contributed by atoms with Crippen LogP contribution in [0, 0.1) is 30.9 Å². The van der Waals surface area contributed by atoms with Gasteiger partial charge in [0.05, 0.1) is 17.9 Å². The number of carbonyl (C=O) groups is 1. The number of pyridine rings is 1. The number of rotatable bonds is 9. The summed E-state index contributed by atoms with van der Waals surface area (Å²) < 4.78 is 39.2. The molecular formula is C34H42F2N2O4. The highest BCUT2D eigenvalue weighted by Crippen LogP contribution is 2.45. The predicted octanol–water partition coefficient (Wildman–Crippen LogP) is 7.83. The normalized spacial score (nSPS) is 15.9. The number of carboxylic acids is 1. The van der Waals surface area contributed by atoms with Gasteiger partial charge in [-0.25, -0.2) is 13.6 Å². The molecule has 0 saturated carbocycles. The van der Waals surface area contributed by atoms with Gasteiger partial charge in [0.2, 0.25) is 0 Å². The Labute approximate surface area is 247 Å². The fourth-order valence-electron chi connectivity index (χ4n) is 5.48. The zero-order valence-electron chi connectivity index (χ0n) is 25.7. The first-order valence-electron chi connectivity index (χ1n) is 14.5. The lowest BCUT2D eigenvalue weighted by Crippen LogP contribution is -2.39. The van der Waals surface area contributed by atoms with Crippen LogP contribution in [0.1, 0.15) is 76.1 Å². The summed E-state index contributed by atoms with van der Waals surface area (Å²) in [6.45, 7) is 15.7. The molecule has 0 unspecified atom stereocenters. The van der Waals surface area contributed by atoms with E-state index in [9.17, 15) is 18.7 Å². The summed E-state index contributed by atoms with van der Waals surface area (Å²) in [5.41, 5.74) is 4.55. The van der Waals surface area contributed by atoms with E-state index in [0.717, 1.165) is 54.5 Å². The molecule has 0 amide bonds. The van der Waals surface area contributed by atoms with E-state index in [-0.39, 0.29) is 12.0 Å². The number of ether oxygens (including phenoxy) is 2. The molecule has 42 heavy (non-hydrogen) atoms. The standard InChI is InChI=1S/C34H42F2N2O4/c1-21-28(24-9-12-26(13-10-24)41-19-14-23-8-11-25(35)20-27(23)36)30(38-17-15-34(6,7)16-18-38)29(22(2)37-21)31(32(39)40)42-33(3,4)5/h8-13,20,31H,14-19H2,1-7H3,(H,39,40)/t31-/m0/s1. The van der Waals surface area contributed by atoms with Crippen molar-refractivity contribution in [2.75, 3.05) is 24.6 Å². The van der Waals surface area contributed by atoms with Gasteiger partial charge in [0.15, 0.2) is 6.10 Å². The number of aryl methyl sites for hydroxylation is 2. The van der Waals surface area contributed by atoms with Gasteiger partial charge in [-0.05, 0) is 82.2 Å². The van der Waals surface area contributed by atoms with E-state index in [4.69, 9.17) is 14.5 Å². The van der Waals surface area contributed by atoms with Crippen LogP contribution >= 0.6 is 0 Å². The first kappa shape index (κ1) is 31.4. The molecule has 1 aliphatic heterocycles. The fourth-order valence-corrected chi connectivity index (χ4v) is 5.48. The number of carboxylic acid groups (broad SMARTS) is 1. The van der Waals surface area contributed by atoms with Crippen LogP contribution in [0.2, 0.25) is 0 Å². The summed E-state index contributed by atoms with van der Waals surface area (Å²) >= 11 is 0. The second-order valence-electron chi connectivity index (χ2n) is 12.9. The Hall–Kier alpha value is -3.52. The van der Waals surface area contributed by atoms with Crippen LogP contribution < -0.4 is 9.64 Å². The highest BCUT2D eigenvalue weighted by atomic mass is 19.1. The number of halogens is 2. The third-order valence-corrected chi connectivity index (χ3v) is 7.77. The monoisotopic (exact) mass is 580 g/mol. The number of anilines is 1. The van der Waals surface area contributed by atoms with E-state index >= 15 is 0 Å². The Morgan fingerprint density at radius 3 is 2.26 bits per heavy atom. The van der Waals surface area contributed by atoms with E-state index in [1.807, 2.05) is 58.9 Å². The van der Waals surface area contributed by atoms with Crippen molar-refractivity contribution in [3.63, 3.8) is 0 Å². The van der Waals surface area contributed by atoms with Gasteiger partial charge in [-0.2, -0.15) is 0 Å². The zero-order chi connectivity index (χ0) is 30.8. The maximum Gasteiger partial charge on any atom is 0.337 e. The van der Waals surface area contributed by atoms with Crippen molar-refractivity contribution in [1.29, 1.82) is 0 Å². The largest absolute Gasteiger partial charge is 0.493 e. The van der Waals surface area contributed by atoms with E-state index in [0.29, 0.717) is 29.0 Å². The minimum Gasteiger partial charge on any atom is -0.493 e. The van der Waals surface area contributed by atoms with Crippen LogP contribution in [0.4, 0.5) is 14.5 Å². The summed E-state index contributed by atoms with van der Waals surface area (Å²) in [5, 5.41) is 10.4. The Morgan fingerprint density at radius 1 is 1.05 bits per heavy atom. The van der Waals surface area contributed by atoms with E-state index in [1.54, 1.807) is 0 Å². The third-order valence-electron chi connectivity index (χ3n) is 7.77. The molecule has 1 atom stereocenters. The number of hydrogen-bond acceptors (Lipinski definition) is 5. The van der Waals surface area contributed by atoms with Gasteiger partial charge in [-0.1, -0.05) is 32.0 Å². The molecular weight excluding hydrogens is 538 g/mol. The van der Waals surface area contributed by atoms with Crippen molar-refractivity contribution in [3.05, 3.63) is 76.6 Å². The highest BCUT2D eigenvalue weighted by Gasteiger charge is 2.36. The van der Waals surface area contributed by atoms with Gasteiger partial charge in [-0.3, -0.25) is 4.98 Å². The summed E-state index contributed by atoms with van der Waals surface area (Å²) in [7, 11) is 0. The van der Waals surface area contributed by atoms with Gasteiger partial charge in [0.1, 0.15) is 17.4 Å². The summed E-state index contributed by atoms with van der Waals surface area (Å²) in [6, 6.07) is 11.1. The molecule has 2 heterocycles. The quantitative estimate of drug-likeness (QED) is 0.278. The Bertz CT molecular complexity index is 1420. The molecule has 4 rings (SSSR count). The van der Waals surface area contributed by atoms with Crippen LogP contribution in [0.15, 0.2) is 42.5 Å². The molecule has 6 nitrogen and oxygen atoms in total. The Kier molecular flexibility index (Phi) is 9.26. The lowest BCUT2D eigenvalue weighted by Gasteiger charge is -2.41. The topological polar surface area (TPSA) is 71.9 Å². The average Bonchev–Trinajstić information content (AvgIpc) is 2.88. The molecule has 226 valence electrons. The number of nitrogens with zero attached hydrogens (tertiary/aromatic N) is 2. The van der Waals surface area contributed by atoms with Gasteiger partial charge in [-0.15, -0.1) is 0 Å². The van der Waals surface area contributed by atoms with Crippen LogP contribution in [0.25, 0.3) is 11.1 Å². The maximum absolute atomic E-state index is 14.0. The smallest absolute Gasteiger partial charge is 0.337 e. The van der Waals surface area contributed by atoms with Crippen LogP contribution in [0.5, 0.6) is 5.75 Å². The third kappa shape index (κ3) is 7.46. The van der Waals surface area contributed by atoms with Crippen molar-refractivity contribution < 1.29 is 28.2 Å². The number of benzene rings is 2. The van der Waals surface area contributed by atoms with Gasteiger partial charge >= 0.3 is 5.97 Å². The second-order valence-corrected chi connectivity index (χ2v) is 12.9. The summed E-state index contributed by atoms with van der Waals surface area (Å²) in [6.07, 6.45) is 1.08. The van der Waals surface area contributed by atoms with Crippen molar-refractivity contribution in [1.82, 2.24) is 4.98 Å². The molecule has 2 aromatic carbocycles. The Morgan fingerprint density at radius 2 is 1.69 bits per heavy atom. The van der Waals surface area contributed by atoms with Crippen molar-refractivity contribution in [2.45, 2.75) is 79.4 Å². The minimum atomic E-state index is -1.18. The molecule has 1 aromatic heterocycles. The molecule has 8 heteroatoms. The van der Waals surface area contributed by atoms with E-state index < -0.39 is 29.3 Å². The molecule has 0 radical (unpaired) electrons. The number of aliphatic carboxylic acids is 1. The van der Waals surface area contributed by atoms with Crippen molar-refractivity contribution in [3.8, 4) is 16.9 Å².